The Hall–Kier alpha value is -2.17. The number of carbonyl (C=O) groups is 1. The molecule has 0 aliphatic rings. The molecule has 0 aliphatic heterocycles. The monoisotopic (exact) mass is 312 g/mol. The van der Waals surface area contributed by atoms with Gasteiger partial charge in [-0.2, -0.15) is 0 Å². The molecule has 2 N–H and O–H groups in total. The normalized spacial score (nSPS) is 11.0. The van der Waals surface area contributed by atoms with Gasteiger partial charge < -0.3 is 15.3 Å². The highest BCUT2D eigenvalue weighted by Crippen LogP contribution is 2.25. The minimum absolute atomic E-state index is 0.319. The Labute approximate surface area is 137 Å². The van der Waals surface area contributed by atoms with Gasteiger partial charge in [-0.1, -0.05) is 30.3 Å². The van der Waals surface area contributed by atoms with Crippen LogP contribution in [0.1, 0.15) is 21.5 Å². The molecule has 2 aromatic rings. The smallest absolute Gasteiger partial charge is 0.335 e. The van der Waals surface area contributed by atoms with E-state index in [0.29, 0.717) is 5.56 Å². The molecule has 0 saturated carbocycles. The van der Waals surface area contributed by atoms with Gasteiger partial charge in [-0.25, -0.2) is 4.79 Å². The molecule has 0 spiro atoms. The molecule has 0 heterocycles. The molecule has 0 bridgehead atoms. The summed E-state index contributed by atoms with van der Waals surface area (Å²) in [5.41, 5.74) is 4.63. The molecule has 0 aliphatic carbocycles. The number of hydrogen-bond acceptors (Lipinski definition) is 3. The van der Waals surface area contributed by atoms with Gasteiger partial charge in [0.25, 0.3) is 0 Å². The third kappa shape index (κ3) is 4.91. The number of carboxylic acids is 1. The molecule has 4 heteroatoms. The maximum absolute atomic E-state index is 11.1. The second-order valence-corrected chi connectivity index (χ2v) is 6.01. The molecule has 0 radical (unpaired) electrons. The highest BCUT2D eigenvalue weighted by molar-refractivity contribution is 5.90. The van der Waals surface area contributed by atoms with Crippen LogP contribution in [0.2, 0.25) is 0 Å². The predicted molar refractivity (Wildman–Crippen MR) is 93.8 cm³/mol. The van der Waals surface area contributed by atoms with E-state index < -0.39 is 5.97 Å². The largest absolute Gasteiger partial charge is 0.478 e. The molecule has 0 aromatic heterocycles. The second-order valence-electron chi connectivity index (χ2n) is 6.01. The molecular formula is C19H24N2O2. The van der Waals surface area contributed by atoms with Crippen molar-refractivity contribution >= 4 is 5.97 Å². The fourth-order valence-electron chi connectivity index (χ4n) is 2.40. The van der Waals surface area contributed by atoms with E-state index in [1.54, 1.807) is 12.1 Å². The van der Waals surface area contributed by atoms with Crippen molar-refractivity contribution in [1.29, 1.82) is 0 Å². The number of rotatable bonds is 7. The zero-order valence-corrected chi connectivity index (χ0v) is 14.0. The molecule has 2 aromatic carbocycles. The first kappa shape index (κ1) is 17.2. The van der Waals surface area contributed by atoms with E-state index in [4.69, 9.17) is 5.11 Å². The molecule has 0 amide bonds. The molecule has 4 nitrogen and oxygen atoms in total. The summed E-state index contributed by atoms with van der Waals surface area (Å²) < 4.78 is 0. The van der Waals surface area contributed by atoms with E-state index in [2.05, 4.69) is 48.6 Å². The van der Waals surface area contributed by atoms with Crippen molar-refractivity contribution in [1.82, 2.24) is 10.2 Å². The van der Waals surface area contributed by atoms with Crippen LogP contribution in [0, 0.1) is 6.92 Å². The minimum atomic E-state index is -0.895. The Kier molecular flexibility index (Phi) is 5.90. The first-order valence-electron chi connectivity index (χ1n) is 7.76. The maximum atomic E-state index is 11.1. The van der Waals surface area contributed by atoms with E-state index in [-0.39, 0.29) is 0 Å². The summed E-state index contributed by atoms with van der Waals surface area (Å²) >= 11 is 0. The number of benzene rings is 2. The highest BCUT2D eigenvalue weighted by Gasteiger charge is 2.08. The quantitative estimate of drug-likeness (QED) is 0.772. The summed E-state index contributed by atoms with van der Waals surface area (Å²) in [5.74, 6) is -0.895. The van der Waals surface area contributed by atoms with Crippen molar-refractivity contribution in [2.75, 3.05) is 27.2 Å². The summed E-state index contributed by atoms with van der Waals surface area (Å²) in [6.07, 6.45) is 0. The van der Waals surface area contributed by atoms with Gasteiger partial charge >= 0.3 is 5.97 Å². The molecule has 2 rings (SSSR count). The van der Waals surface area contributed by atoms with Gasteiger partial charge in [-0.05, 0) is 55.4 Å². The topological polar surface area (TPSA) is 52.6 Å². The lowest BCUT2D eigenvalue weighted by molar-refractivity contribution is 0.0697. The Morgan fingerprint density at radius 1 is 1.13 bits per heavy atom. The number of aromatic carboxylic acids is 1. The van der Waals surface area contributed by atoms with Gasteiger partial charge in [0.15, 0.2) is 0 Å². The van der Waals surface area contributed by atoms with Gasteiger partial charge in [0.05, 0.1) is 5.56 Å². The van der Waals surface area contributed by atoms with Gasteiger partial charge in [0, 0.05) is 19.6 Å². The van der Waals surface area contributed by atoms with Crippen molar-refractivity contribution in [3.63, 3.8) is 0 Å². The van der Waals surface area contributed by atoms with Crippen LogP contribution in [0.4, 0.5) is 0 Å². The lowest BCUT2D eigenvalue weighted by Crippen LogP contribution is -2.26. The van der Waals surface area contributed by atoms with E-state index >= 15 is 0 Å². The number of likely N-dealkylation sites (N-methyl/N-ethyl adjacent to an activating group) is 1. The Balaban J connectivity index is 2.07. The molecule has 0 fully saturated rings. The summed E-state index contributed by atoms with van der Waals surface area (Å²) in [7, 11) is 4.12. The van der Waals surface area contributed by atoms with Crippen LogP contribution in [0.25, 0.3) is 11.1 Å². The fourth-order valence-corrected chi connectivity index (χ4v) is 2.40. The van der Waals surface area contributed by atoms with Crippen molar-refractivity contribution in [3.05, 3.63) is 59.2 Å². The summed E-state index contributed by atoms with van der Waals surface area (Å²) in [4.78, 5) is 13.3. The Bertz CT molecular complexity index is 664. The Morgan fingerprint density at radius 2 is 1.83 bits per heavy atom. The lowest BCUT2D eigenvalue weighted by atomic mass is 9.97. The number of hydrogen-bond donors (Lipinski definition) is 2. The number of carboxylic acid groups (broad SMARTS) is 1. The van der Waals surface area contributed by atoms with Crippen LogP contribution in [0.3, 0.4) is 0 Å². The van der Waals surface area contributed by atoms with E-state index in [9.17, 15) is 4.79 Å². The molecule has 0 saturated heterocycles. The van der Waals surface area contributed by atoms with Crippen LogP contribution in [-0.4, -0.2) is 43.2 Å². The second kappa shape index (κ2) is 7.90. The van der Waals surface area contributed by atoms with E-state index in [0.717, 1.165) is 36.3 Å². The zero-order valence-electron chi connectivity index (χ0n) is 14.0. The third-order valence-electron chi connectivity index (χ3n) is 3.81. The van der Waals surface area contributed by atoms with Gasteiger partial charge in [-0.3, -0.25) is 0 Å². The average Bonchev–Trinajstić information content (AvgIpc) is 2.52. The fraction of sp³-hybridized carbons (Fsp3) is 0.316. The van der Waals surface area contributed by atoms with Crippen molar-refractivity contribution in [2.45, 2.75) is 13.5 Å². The first-order chi connectivity index (χ1) is 11.0. The van der Waals surface area contributed by atoms with Gasteiger partial charge in [0.1, 0.15) is 0 Å². The third-order valence-corrected chi connectivity index (χ3v) is 3.81. The van der Waals surface area contributed by atoms with Gasteiger partial charge in [0.2, 0.25) is 0 Å². The zero-order chi connectivity index (χ0) is 16.8. The van der Waals surface area contributed by atoms with Crippen molar-refractivity contribution < 1.29 is 9.90 Å². The summed E-state index contributed by atoms with van der Waals surface area (Å²) in [6, 6.07) is 13.5. The van der Waals surface area contributed by atoms with Crippen molar-refractivity contribution in [2.24, 2.45) is 0 Å². The molecular weight excluding hydrogens is 288 g/mol. The van der Waals surface area contributed by atoms with E-state index in [1.165, 1.54) is 5.56 Å². The van der Waals surface area contributed by atoms with Crippen LogP contribution >= 0.6 is 0 Å². The SMILES string of the molecule is Cc1ccc(C(=O)O)cc1-c1ccc(CNCCN(C)C)cc1. The number of nitrogens with zero attached hydrogens (tertiary/aromatic N) is 1. The predicted octanol–water partition coefficient (Wildman–Crippen LogP) is 3.01. The van der Waals surface area contributed by atoms with Crippen LogP contribution < -0.4 is 5.32 Å². The summed E-state index contributed by atoms with van der Waals surface area (Å²) in [5, 5.41) is 12.5. The maximum Gasteiger partial charge on any atom is 0.335 e. The van der Waals surface area contributed by atoms with Crippen molar-refractivity contribution in [3.8, 4) is 11.1 Å². The lowest BCUT2D eigenvalue weighted by Gasteiger charge is -2.11. The molecule has 0 atom stereocenters. The minimum Gasteiger partial charge on any atom is -0.478 e. The van der Waals surface area contributed by atoms with Crippen LogP contribution in [0.15, 0.2) is 42.5 Å². The van der Waals surface area contributed by atoms with Crippen LogP contribution in [-0.2, 0) is 6.54 Å². The van der Waals surface area contributed by atoms with Gasteiger partial charge in [-0.15, -0.1) is 0 Å². The van der Waals surface area contributed by atoms with Crippen LogP contribution in [0.5, 0.6) is 0 Å². The number of nitrogens with one attached hydrogen (secondary N) is 1. The standard InChI is InChI=1S/C19H24N2O2/c1-14-4-7-17(19(22)23)12-18(14)16-8-5-15(6-9-16)13-20-10-11-21(2)3/h4-9,12,20H,10-11,13H2,1-3H3,(H,22,23). The Morgan fingerprint density at radius 3 is 2.43 bits per heavy atom. The molecule has 23 heavy (non-hydrogen) atoms. The number of aryl methyl sites for hydroxylation is 1. The van der Waals surface area contributed by atoms with E-state index in [1.807, 2.05) is 13.0 Å². The molecule has 122 valence electrons. The highest BCUT2D eigenvalue weighted by atomic mass is 16.4. The molecule has 0 unspecified atom stereocenters. The average molecular weight is 312 g/mol. The summed E-state index contributed by atoms with van der Waals surface area (Å²) in [6.45, 7) is 4.80. The first-order valence-corrected chi connectivity index (χ1v) is 7.76.